The van der Waals surface area contributed by atoms with Crippen molar-refractivity contribution in [3.05, 3.63) is 17.8 Å². The van der Waals surface area contributed by atoms with E-state index in [1.165, 1.54) is 0 Å². The van der Waals surface area contributed by atoms with Crippen molar-refractivity contribution in [2.45, 2.75) is 31.3 Å². The molecule has 2 amide bonds. The first-order valence-corrected chi connectivity index (χ1v) is 7.44. The zero-order valence-corrected chi connectivity index (χ0v) is 12.3. The molecule has 0 aromatic carbocycles. The molecule has 5 nitrogen and oxygen atoms in total. The van der Waals surface area contributed by atoms with Crippen molar-refractivity contribution in [3.63, 3.8) is 0 Å². The molecule has 0 aliphatic carbocycles. The number of amides is 2. The molecule has 1 fully saturated rings. The summed E-state index contributed by atoms with van der Waals surface area (Å²) in [5.74, 6) is 0.837. The third-order valence-electron chi connectivity index (χ3n) is 3.33. The summed E-state index contributed by atoms with van der Waals surface area (Å²) in [6, 6.07) is 1.57. The molecule has 0 unspecified atom stereocenters. The van der Waals surface area contributed by atoms with Gasteiger partial charge in [-0.25, -0.2) is 4.79 Å². The molecule has 2 heterocycles. The number of rotatable bonds is 1. The van der Waals surface area contributed by atoms with E-state index in [9.17, 15) is 18.0 Å². The van der Waals surface area contributed by atoms with Gasteiger partial charge in [-0.3, -0.25) is 5.32 Å². The second-order valence-corrected chi connectivity index (χ2v) is 6.23. The van der Waals surface area contributed by atoms with Crippen LogP contribution in [0.3, 0.4) is 0 Å². The van der Waals surface area contributed by atoms with Gasteiger partial charge in [-0.2, -0.15) is 24.9 Å². The van der Waals surface area contributed by atoms with E-state index in [-0.39, 0.29) is 17.9 Å². The number of hydrogen-bond donors (Lipinski definition) is 1. The van der Waals surface area contributed by atoms with Gasteiger partial charge in [-0.15, -0.1) is 10.2 Å². The summed E-state index contributed by atoms with van der Waals surface area (Å²) in [6.07, 6.45) is -4.54. The van der Waals surface area contributed by atoms with Crippen LogP contribution in [0, 0.1) is 0 Å². The summed E-state index contributed by atoms with van der Waals surface area (Å²) < 4.78 is 37.1. The molecule has 1 N–H and O–H groups in total. The maximum absolute atomic E-state index is 12.4. The molecule has 0 spiro atoms. The van der Waals surface area contributed by atoms with E-state index in [0.29, 0.717) is 11.8 Å². The van der Waals surface area contributed by atoms with Gasteiger partial charge in [-0.1, -0.05) is 6.92 Å². The second kappa shape index (κ2) is 6.08. The summed E-state index contributed by atoms with van der Waals surface area (Å²) in [6.45, 7) is 4.57. The van der Waals surface area contributed by atoms with Crippen molar-refractivity contribution < 1.29 is 18.0 Å². The van der Waals surface area contributed by atoms with Gasteiger partial charge < -0.3 is 4.90 Å². The van der Waals surface area contributed by atoms with Crippen LogP contribution in [0.2, 0.25) is 0 Å². The number of urea groups is 1. The molecule has 9 heteroatoms. The summed E-state index contributed by atoms with van der Waals surface area (Å²) in [4.78, 5) is 13.8. The number of nitrogens with one attached hydrogen (secondary N) is 1. The van der Waals surface area contributed by atoms with Gasteiger partial charge in [0.25, 0.3) is 0 Å². The van der Waals surface area contributed by atoms with Gasteiger partial charge >= 0.3 is 12.2 Å². The first-order chi connectivity index (χ1) is 9.79. The summed E-state index contributed by atoms with van der Waals surface area (Å²) in [5, 5.41) is 9.25. The van der Waals surface area contributed by atoms with Crippen molar-refractivity contribution in [3.8, 4) is 0 Å². The van der Waals surface area contributed by atoms with Crippen molar-refractivity contribution in [1.82, 2.24) is 15.1 Å². The summed E-state index contributed by atoms with van der Waals surface area (Å²) in [5.41, 5.74) is -1.09. The topological polar surface area (TPSA) is 58.1 Å². The molecule has 1 aliphatic rings. The van der Waals surface area contributed by atoms with Crippen molar-refractivity contribution in [2.75, 3.05) is 17.6 Å². The lowest BCUT2D eigenvalue weighted by Crippen LogP contribution is -2.49. The Morgan fingerprint density at radius 1 is 1.38 bits per heavy atom. The van der Waals surface area contributed by atoms with Gasteiger partial charge in [0.2, 0.25) is 0 Å². The van der Waals surface area contributed by atoms with Crippen LogP contribution in [-0.2, 0) is 6.18 Å². The molecule has 1 aromatic rings. The van der Waals surface area contributed by atoms with E-state index >= 15 is 0 Å². The van der Waals surface area contributed by atoms with Gasteiger partial charge in [0, 0.05) is 23.6 Å². The third kappa shape index (κ3) is 3.78. The predicted molar refractivity (Wildman–Crippen MR) is 74.1 cm³/mol. The molecule has 0 bridgehead atoms. The van der Waals surface area contributed by atoms with Crippen molar-refractivity contribution in [1.29, 1.82) is 0 Å². The molecule has 0 saturated carbocycles. The number of nitrogens with zero attached hydrogens (tertiary/aromatic N) is 3. The number of carbonyl (C=O) groups excluding carboxylic acids is 1. The highest BCUT2D eigenvalue weighted by Crippen LogP contribution is 2.27. The second-order valence-electron chi connectivity index (χ2n) is 4.74. The van der Waals surface area contributed by atoms with Gasteiger partial charge in [0.05, 0.1) is 0 Å². The number of thioether (sulfide) groups is 1. The molecule has 1 aromatic heterocycles. The highest BCUT2D eigenvalue weighted by atomic mass is 32.2. The summed E-state index contributed by atoms with van der Waals surface area (Å²) >= 11 is 1.78. The van der Waals surface area contributed by atoms with Crippen LogP contribution >= 0.6 is 11.8 Å². The van der Waals surface area contributed by atoms with E-state index < -0.39 is 11.9 Å². The largest absolute Gasteiger partial charge is 0.435 e. The third-order valence-corrected chi connectivity index (χ3v) is 4.67. The highest BCUT2D eigenvalue weighted by molar-refractivity contribution is 8.00. The zero-order valence-electron chi connectivity index (χ0n) is 11.5. The average Bonchev–Trinajstić information content (AvgIpc) is 2.41. The van der Waals surface area contributed by atoms with Crippen LogP contribution in [0.1, 0.15) is 19.5 Å². The Hall–Kier alpha value is -1.51. The minimum Gasteiger partial charge on any atom is -0.320 e. The molecule has 116 valence electrons. The first kappa shape index (κ1) is 15.9. The number of aromatic nitrogens is 2. The standard InChI is InChI=1S/C12H15F3N4OS/c1-7-8(2)21-6-5-19(7)11(20)16-10-4-3-9(17-18-10)12(13,14)15/h3-4,7-8H,5-6H2,1-2H3,(H,16,18,20)/t7-,8+/m1/s1. The molecular formula is C12H15F3N4OS. The Labute approximate surface area is 124 Å². The Kier molecular flexibility index (Phi) is 4.60. The molecule has 2 rings (SSSR count). The number of hydrogen-bond acceptors (Lipinski definition) is 4. The predicted octanol–water partition coefficient (Wildman–Crippen LogP) is 2.85. The Morgan fingerprint density at radius 2 is 2.10 bits per heavy atom. The zero-order chi connectivity index (χ0) is 15.6. The Bertz CT molecular complexity index is 508. The maximum atomic E-state index is 12.4. The van der Waals surface area contributed by atoms with Crippen LogP contribution < -0.4 is 5.32 Å². The fourth-order valence-electron chi connectivity index (χ4n) is 1.95. The molecule has 0 radical (unpaired) electrons. The molecule has 21 heavy (non-hydrogen) atoms. The number of carbonyl (C=O) groups is 1. The van der Waals surface area contributed by atoms with Crippen molar-refractivity contribution >= 4 is 23.6 Å². The first-order valence-electron chi connectivity index (χ1n) is 6.39. The van der Waals surface area contributed by atoms with Gasteiger partial charge in [0.15, 0.2) is 11.5 Å². The highest BCUT2D eigenvalue weighted by Gasteiger charge is 2.33. The van der Waals surface area contributed by atoms with Crippen LogP contribution in [-0.4, -0.2) is 44.7 Å². The monoisotopic (exact) mass is 320 g/mol. The average molecular weight is 320 g/mol. The fourth-order valence-corrected chi connectivity index (χ4v) is 3.05. The maximum Gasteiger partial charge on any atom is 0.435 e. The van der Waals surface area contributed by atoms with Crippen LogP contribution in [0.25, 0.3) is 0 Å². The number of anilines is 1. The van der Waals surface area contributed by atoms with E-state index in [0.717, 1.165) is 17.9 Å². The van der Waals surface area contributed by atoms with Gasteiger partial charge in [-0.05, 0) is 19.1 Å². The van der Waals surface area contributed by atoms with Gasteiger partial charge in [0.1, 0.15) is 0 Å². The molecule has 1 saturated heterocycles. The molecule has 1 aliphatic heterocycles. The SMILES string of the molecule is C[C@@H]1SCCN(C(=O)Nc2ccc(C(F)(F)F)nn2)[C@@H]1C. The van der Waals surface area contributed by atoms with E-state index in [1.54, 1.807) is 16.7 Å². The lowest BCUT2D eigenvalue weighted by molar-refractivity contribution is -0.141. The minimum absolute atomic E-state index is 0.00563. The van der Waals surface area contributed by atoms with E-state index in [1.807, 2.05) is 13.8 Å². The van der Waals surface area contributed by atoms with E-state index in [2.05, 4.69) is 15.5 Å². The minimum atomic E-state index is -4.54. The Balaban J connectivity index is 2.02. The smallest absolute Gasteiger partial charge is 0.320 e. The van der Waals surface area contributed by atoms with Crippen molar-refractivity contribution in [2.24, 2.45) is 0 Å². The molecule has 2 atom stereocenters. The number of alkyl halides is 3. The Morgan fingerprint density at radius 3 is 2.67 bits per heavy atom. The van der Waals surface area contributed by atoms with Crippen LogP contribution in [0.4, 0.5) is 23.8 Å². The molecular weight excluding hydrogens is 305 g/mol. The lowest BCUT2D eigenvalue weighted by atomic mass is 10.2. The van der Waals surface area contributed by atoms with Crippen LogP contribution in [0.15, 0.2) is 12.1 Å². The fraction of sp³-hybridized carbons (Fsp3) is 0.583. The van der Waals surface area contributed by atoms with E-state index in [4.69, 9.17) is 0 Å². The quantitative estimate of drug-likeness (QED) is 0.864. The van der Waals surface area contributed by atoms with Crippen LogP contribution in [0.5, 0.6) is 0 Å². The normalized spacial score (nSPS) is 23.0. The summed E-state index contributed by atoms with van der Waals surface area (Å²) in [7, 11) is 0. The lowest BCUT2D eigenvalue weighted by Gasteiger charge is -2.37. The number of halogens is 3.